The molecule has 0 aliphatic carbocycles. The first kappa shape index (κ1) is 11.1. The van der Waals surface area contributed by atoms with Crippen molar-refractivity contribution in [3.05, 3.63) is 16.1 Å². The highest BCUT2D eigenvalue weighted by atomic mass is 32.1. The molecule has 0 aromatic carbocycles. The minimum absolute atomic E-state index is 0.290. The summed E-state index contributed by atoms with van der Waals surface area (Å²) >= 11 is 1.45. The molecule has 14 heavy (non-hydrogen) atoms. The highest BCUT2D eigenvalue weighted by Crippen LogP contribution is 2.24. The molecule has 0 bridgehead atoms. The molecule has 5 heteroatoms. The normalized spacial score (nSPS) is 13.1. The summed E-state index contributed by atoms with van der Waals surface area (Å²) < 4.78 is 0. The van der Waals surface area contributed by atoms with E-state index in [9.17, 15) is 9.90 Å². The van der Waals surface area contributed by atoms with Gasteiger partial charge in [-0.2, -0.15) is 0 Å². The maximum Gasteiger partial charge on any atom is 0.306 e. The summed E-state index contributed by atoms with van der Waals surface area (Å²) in [5.74, 6) is -0.706. The molecule has 4 nitrogen and oxygen atoms in total. The van der Waals surface area contributed by atoms with Gasteiger partial charge in [-0.25, -0.2) is 4.98 Å². The van der Waals surface area contributed by atoms with Crippen molar-refractivity contribution in [2.24, 2.45) is 0 Å². The summed E-state index contributed by atoms with van der Waals surface area (Å²) in [6.07, 6.45) is -1.28. The van der Waals surface area contributed by atoms with Crippen LogP contribution in [0.4, 0.5) is 0 Å². The third-order valence-corrected chi connectivity index (χ3v) is 2.91. The predicted molar refractivity (Wildman–Crippen MR) is 53.4 cm³/mol. The molecule has 0 saturated heterocycles. The number of carbonyl (C=O) groups is 1. The van der Waals surface area contributed by atoms with Crippen LogP contribution in [0.2, 0.25) is 0 Å². The topological polar surface area (TPSA) is 70.4 Å². The number of aliphatic carboxylic acids is 1. The Morgan fingerprint density at radius 3 is 2.71 bits per heavy atom. The van der Waals surface area contributed by atoms with E-state index in [1.807, 2.05) is 13.8 Å². The van der Waals surface area contributed by atoms with Crippen molar-refractivity contribution in [3.8, 4) is 0 Å². The zero-order chi connectivity index (χ0) is 10.7. The molecule has 0 saturated carbocycles. The van der Waals surface area contributed by atoms with Crippen molar-refractivity contribution < 1.29 is 15.0 Å². The van der Waals surface area contributed by atoms with Gasteiger partial charge in [0.15, 0.2) is 0 Å². The molecule has 0 fully saturated rings. The van der Waals surface area contributed by atoms with Crippen molar-refractivity contribution in [2.45, 2.75) is 32.3 Å². The highest BCUT2D eigenvalue weighted by Gasteiger charge is 2.16. The Morgan fingerprint density at radius 1 is 1.64 bits per heavy atom. The fraction of sp³-hybridized carbons (Fsp3) is 0.556. The summed E-state index contributed by atoms with van der Waals surface area (Å²) in [6.45, 7) is 4.01. The molecule has 0 radical (unpaired) electrons. The molecule has 1 rings (SSSR count). The number of aliphatic hydroxyl groups is 1. The number of thiazole rings is 1. The molecule has 0 amide bonds. The van der Waals surface area contributed by atoms with Crippen LogP contribution >= 0.6 is 11.3 Å². The second-order valence-corrected chi connectivity index (χ2v) is 4.27. The lowest BCUT2D eigenvalue weighted by Gasteiger charge is -2.03. The molecule has 1 heterocycles. The Labute approximate surface area is 86.2 Å². The summed E-state index contributed by atoms with van der Waals surface area (Å²) in [4.78, 5) is 14.5. The smallest absolute Gasteiger partial charge is 0.306 e. The molecule has 2 N–H and O–H groups in total. The third kappa shape index (κ3) is 2.78. The average Bonchev–Trinajstić information content (AvgIpc) is 2.50. The Morgan fingerprint density at radius 2 is 2.29 bits per heavy atom. The molecule has 1 aromatic heterocycles. The standard InChI is InChI=1S/C9H13NO3S/c1-5(2)9-10-6(4-14-9)7(11)3-8(12)13/h4-5,7,11H,3H2,1-2H3,(H,12,13)/t7-/m1/s1. The van der Waals surface area contributed by atoms with Crippen LogP contribution in [0.5, 0.6) is 0 Å². The van der Waals surface area contributed by atoms with E-state index in [1.54, 1.807) is 5.38 Å². The molecule has 0 aliphatic heterocycles. The molecular formula is C9H13NO3S. The Bertz CT molecular complexity index is 322. The molecule has 78 valence electrons. The van der Waals surface area contributed by atoms with Crippen LogP contribution in [0.1, 0.15) is 43.0 Å². The second kappa shape index (κ2) is 4.52. The average molecular weight is 215 g/mol. The van der Waals surface area contributed by atoms with E-state index in [0.29, 0.717) is 11.6 Å². The van der Waals surface area contributed by atoms with E-state index in [-0.39, 0.29) is 6.42 Å². The van der Waals surface area contributed by atoms with Gasteiger partial charge in [-0.3, -0.25) is 4.79 Å². The number of hydrogen-bond acceptors (Lipinski definition) is 4. The zero-order valence-corrected chi connectivity index (χ0v) is 8.91. The van der Waals surface area contributed by atoms with E-state index in [2.05, 4.69) is 4.98 Å². The number of nitrogens with zero attached hydrogens (tertiary/aromatic N) is 1. The predicted octanol–water partition coefficient (Wildman–Crippen LogP) is 1.77. The van der Waals surface area contributed by atoms with E-state index >= 15 is 0 Å². The van der Waals surface area contributed by atoms with Gasteiger partial charge in [-0.1, -0.05) is 13.8 Å². The van der Waals surface area contributed by atoms with E-state index in [0.717, 1.165) is 5.01 Å². The first-order valence-electron chi connectivity index (χ1n) is 4.36. The monoisotopic (exact) mass is 215 g/mol. The Kier molecular flexibility index (Phi) is 3.60. The molecule has 0 spiro atoms. The lowest BCUT2D eigenvalue weighted by atomic mass is 10.2. The SMILES string of the molecule is CC(C)c1nc([C@H](O)CC(=O)O)cs1. The minimum atomic E-state index is -1.02. The minimum Gasteiger partial charge on any atom is -0.481 e. The van der Waals surface area contributed by atoms with Gasteiger partial charge in [-0.15, -0.1) is 11.3 Å². The van der Waals surface area contributed by atoms with Gasteiger partial charge in [0.1, 0.15) is 6.10 Å². The number of carboxylic acids is 1. The van der Waals surface area contributed by atoms with Crippen LogP contribution in [0, 0.1) is 0 Å². The van der Waals surface area contributed by atoms with E-state index in [4.69, 9.17) is 5.11 Å². The van der Waals surface area contributed by atoms with Crippen molar-refractivity contribution in [1.82, 2.24) is 4.98 Å². The van der Waals surface area contributed by atoms with Gasteiger partial charge < -0.3 is 10.2 Å². The van der Waals surface area contributed by atoms with Crippen LogP contribution in [-0.4, -0.2) is 21.2 Å². The van der Waals surface area contributed by atoms with Crippen LogP contribution in [0.3, 0.4) is 0 Å². The summed E-state index contributed by atoms with van der Waals surface area (Å²) in [5.41, 5.74) is 0.459. The van der Waals surface area contributed by atoms with Gasteiger partial charge in [0.25, 0.3) is 0 Å². The molecule has 0 unspecified atom stereocenters. The third-order valence-electron chi connectivity index (χ3n) is 1.74. The Balaban J connectivity index is 2.71. The highest BCUT2D eigenvalue weighted by molar-refractivity contribution is 7.09. The first-order valence-corrected chi connectivity index (χ1v) is 5.24. The number of aromatic nitrogens is 1. The van der Waals surface area contributed by atoms with E-state index in [1.165, 1.54) is 11.3 Å². The fourth-order valence-electron chi connectivity index (χ4n) is 0.989. The maximum absolute atomic E-state index is 10.3. The fourth-order valence-corrected chi connectivity index (χ4v) is 1.87. The molecule has 1 aromatic rings. The number of rotatable bonds is 4. The number of aliphatic hydroxyl groups excluding tert-OH is 1. The largest absolute Gasteiger partial charge is 0.481 e. The lowest BCUT2D eigenvalue weighted by Crippen LogP contribution is -2.05. The van der Waals surface area contributed by atoms with Crippen LogP contribution in [-0.2, 0) is 4.79 Å². The van der Waals surface area contributed by atoms with Gasteiger partial charge in [0, 0.05) is 11.3 Å². The number of hydrogen-bond donors (Lipinski definition) is 2. The van der Waals surface area contributed by atoms with Crippen LogP contribution in [0.15, 0.2) is 5.38 Å². The van der Waals surface area contributed by atoms with Crippen molar-refractivity contribution in [3.63, 3.8) is 0 Å². The first-order chi connectivity index (χ1) is 6.50. The van der Waals surface area contributed by atoms with Crippen LogP contribution < -0.4 is 0 Å². The summed E-state index contributed by atoms with van der Waals surface area (Å²) in [6, 6.07) is 0. The number of carboxylic acid groups (broad SMARTS) is 1. The molecule has 0 aliphatic rings. The lowest BCUT2D eigenvalue weighted by molar-refractivity contribution is -0.139. The van der Waals surface area contributed by atoms with Gasteiger partial charge >= 0.3 is 5.97 Å². The quantitative estimate of drug-likeness (QED) is 0.803. The van der Waals surface area contributed by atoms with Crippen molar-refractivity contribution >= 4 is 17.3 Å². The molecule has 1 atom stereocenters. The Hall–Kier alpha value is -0.940. The van der Waals surface area contributed by atoms with Gasteiger partial charge in [0.05, 0.1) is 17.1 Å². The van der Waals surface area contributed by atoms with E-state index < -0.39 is 12.1 Å². The van der Waals surface area contributed by atoms with Gasteiger partial charge in [-0.05, 0) is 0 Å². The van der Waals surface area contributed by atoms with Gasteiger partial charge in [0.2, 0.25) is 0 Å². The second-order valence-electron chi connectivity index (χ2n) is 3.38. The maximum atomic E-state index is 10.3. The van der Waals surface area contributed by atoms with Crippen molar-refractivity contribution in [1.29, 1.82) is 0 Å². The summed E-state index contributed by atoms with van der Waals surface area (Å²) in [7, 11) is 0. The van der Waals surface area contributed by atoms with Crippen LogP contribution in [0.25, 0.3) is 0 Å². The zero-order valence-electron chi connectivity index (χ0n) is 8.10. The van der Waals surface area contributed by atoms with Crippen molar-refractivity contribution in [2.75, 3.05) is 0 Å². The molecular weight excluding hydrogens is 202 g/mol. The summed E-state index contributed by atoms with van der Waals surface area (Å²) in [5, 5.41) is 20.6.